The zero-order chi connectivity index (χ0) is 13.3. The average Bonchev–Trinajstić information content (AvgIpc) is 3.12. The van der Waals surface area contributed by atoms with Crippen LogP contribution in [0.4, 0.5) is 0 Å². The SMILES string of the molecule is CC(=CCl)CN1CC(C)(C2CC2)NCC1C(C)C. The fourth-order valence-electron chi connectivity index (χ4n) is 3.24. The smallest absolute Gasteiger partial charge is 0.0309 e. The molecule has 18 heavy (non-hydrogen) atoms. The highest BCUT2D eigenvalue weighted by atomic mass is 35.5. The van der Waals surface area contributed by atoms with Crippen molar-refractivity contribution in [2.75, 3.05) is 19.6 Å². The molecule has 0 aromatic heterocycles. The van der Waals surface area contributed by atoms with Crippen LogP contribution in [0.25, 0.3) is 0 Å². The third-order valence-corrected chi connectivity index (χ3v) is 4.97. The van der Waals surface area contributed by atoms with Gasteiger partial charge in [0.15, 0.2) is 0 Å². The van der Waals surface area contributed by atoms with Crippen LogP contribution >= 0.6 is 11.6 Å². The molecule has 2 fully saturated rings. The predicted molar refractivity (Wildman–Crippen MR) is 78.9 cm³/mol. The summed E-state index contributed by atoms with van der Waals surface area (Å²) in [6.07, 6.45) is 2.79. The summed E-state index contributed by atoms with van der Waals surface area (Å²) in [5.41, 5.74) is 3.31. The Kier molecular flexibility index (Phi) is 4.40. The molecular formula is C15H27ClN2. The fraction of sp³-hybridized carbons (Fsp3) is 0.867. The third kappa shape index (κ3) is 3.09. The molecule has 0 bridgehead atoms. The van der Waals surface area contributed by atoms with Crippen LogP contribution < -0.4 is 5.32 Å². The molecule has 0 radical (unpaired) electrons. The van der Waals surface area contributed by atoms with Crippen LogP contribution in [0.2, 0.25) is 0 Å². The van der Waals surface area contributed by atoms with Gasteiger partial charge in [-0.1, -0.05) is 25.4 Å². The summed E-state index contributed by atoms with van der Waals surface area (Å²) in [6.45, 7) is 12.4. The molecule has 0 amide bonds. The number of rotatable bonds is 4. The average molecular weight is 271 g/mol. The van der Waals surface area contributed by atoms with Crippen molar-refractivity contribution < 1.29 is 0 Å². The van der Waals surface area contributed by atoms with E-state index in [1.807, 2.05) is 0 Å². The minimum Gasteiger partial charge on any atom is -0.308 e. The molecule has 1 N–H and O–H groups in total. The van der Waals surface area contributed by atoms with Gasteiger partial charge in [-0.2, -0.15) is 0 Å². The lowest BCUT2D eigenvalue weighted by Crippen LogP contribution is -2.65. The van der Waals surface area contributed by atoms with Gasteiger partial charge in [-0.25, -0.2) is 0 Å². The Labute approximate surface area is 117 Å². The van der Waals surface area contributed by atoms with Crippen molar-refractivity contribution in [1.29, 1.82) is 0 Å². The fourth-order valence-corrected chi connectivity index (χ4v) is 3.31. The Morgan fingerprint density at radius 1 is 1.50 bits per heavy atom. The minimum absolute atomic E-state index is 0.317. The molecular weight excluding hydrogens is 244 g/mol. The van der Waals surface area contributed by atoms with Crippen LogP contribution in [0.3, 0.4) is 0 Å². The normalized spacial score (nSPS) is 35.2. The Hall–Kier alpha value is -0.0500. The van der Waals surface area contributed by atoms with Gasteiger partial charge in [-0.3, -0.25) is 4.90 Å². The van der Waals surface area contributed by atoms with Crippen molar-refractivity contribution in [3.8, 4) is 0 Å². The summed E-state index contributed by atoms with van der Waals surface area (Å²) in [5, 5.41) is 3.82. The largest absolute Gasteiger partial charge is 0.308 e. The Morgan fingerprint density at radius 2 is 2.17 bits per heavy atom. The van der Waals surface area contributed by atoms with E-state index in [1.165, 1.54) is 18.4 Å². The van der Waals surface area contributed by atoms with Gasteiger partial charge >= 0.3 is 0 Å². The van der Waals surface area contributed by atoms with Crippen LogP contribution in [0.5, 0.6) is 0 Å². The standard InChI is InChI=1S/C15H27ClN2/c1-11(2)14-8-17-15(4,13-5-6-13)10-18(14)9-12(3)7-16/h7,11,13-14,17H,5-6,8-10H2,1-4H3. The van der Waals surface area contributed by atoms with E-state index in [9.17, 15) is 0 Å². The van der Waals surface area contributed by atoms with Crippen LogP contribution in [0, 0.1) is 11.8 Å². The van der Waals surface area contributed by atoms with Crippen molar-refractivity contribution in [2.24, 2.45) is 11.8 Å². The summed E-state index contributed by atoms with van der Waals surface area (Å²) < 4.78 is 0. The summed E-state index contributed by atoms with van der Waals surface area (Å²) >= 11 is 5.84. The highest BCUT2D eigenvalue weighted by Crippen LogP contribution is 2.41. The zero-order valence-electron chi connectivity index (χ0n) is 12.2. The van der Waals surface area contributed by atoms with Crippen LogP contribution in [0.15, 0.2) is 11.1 Å². The molecule has 1 saturated heterocycles. The van der Waals surface area contributed by atoms with E-state index in [0.717, 1.165) is 25.6 Å². The van der Waals surface area contributed by atoms with Gasteiger partial charge in [0.2, 0.25) is 0 Å². The predicted octanol–water partition coefficient (Wildman–Crippen LogP) is 3.23. The maximum atomic E-state index is 5.84. The van der Waals surface area contributed by atoms with Crippen molar-refractivity contribution >= 4 is 11.6 Å². The zero-order valence-corrected chi connectivity index (χ0v) is 12.9. The molecule has 2 atom stereocenters. The highest BCUT2D eigenvalue weighted by molar-refractivity contribution is 6.25. The first-order valence-corrected chi connectivity index (χ1v) is 7.65. The van der Waals surface area contributed by atoms with Crippen molar-refractivity contribution in [3.05, 3.63) is 11.1 Å². The van der Waals surface area contributed by atoms with Crippen molar-refractivity contribution in [2.45, 2.75) is 52.1 Å². The molecule has 3 heteroatoms. The molecule has 0 aromatic carbocycles. The molecule has 1 heterocycles. The number of hydrogen-bond acceptors (Lipinski definition) is 2. The van der Waals surface area contributed by atoms with E-state index in [-0.39, 0.29) is 0 Å². The third-order valence-electron chi connectivity index (χ3n) is 4.60. The second-order valence-corrected chi connectivity index (χ2v) is 6.96. The van der Waals surface area contributed by atoms with E-state index in [1.54, 1.807) is 5.54 Å². The Morgan fingerprint density at radius 3 is 2.67 bits per heavy atom. The molecule has 2 nitrogen and oxygen atoms in total. The summed E-state index contributed by atoms with van der Waals surface area (Å²) in [6, 6.07) is 0.628. The van der Waals surface area contributed by atoms with E-state index >= 15 is 0 Å². The quantitative estimate of drug-likeness (QED) is 0.844. The summed E-state index contributed by atoms with van der Waals surface area (Å²) in [7, 11) is 0. The van der Waals surface area contributed by atoms with Gasteiger partial charge in [0.05, 0.1) is 0 Å². The first-order valence-electron chi connectivity index (χ1n) is 7.21. The van der Waals surface area contributed by atoms with Gasteiger partial charge in [-0.05, 0) is 44.1 Å². The second kappa shape index (κ2) is 5.52. The maximum Gasteiger partial charge on any atom is 0.0309 e. The van der Waals surface area contributed by atoms with E-state index in [4.69, 9.17) is 11.6 Å². The monoisotopic (exact) mass is 270 g/mol. The van der Waals surface area contributed by atoms with E-state index in [0.29, 0.717) is 17.5 Å². The van der Waals surface area contributed by atoms with Gasteiger partial charge in [-0.15, -0.1) is 0 Å². The minimum atomic E-state index is 0.317. The summed E-state index contributed by atoms with van der Waals surface area (Å²) in [5.74, 6) is 1.57. The number of nitrogens with zero attached hydrogens (tertiary/aromatic N) is 1. The number of halogens is 1. The van der Waals surface area contributed by atoms with Gasteiger partial charge in [0.1, 0.15) is 0 Å². The molecule has 2 aliphatic rings. The van der Waals surface area contributed by atoms with Crippen molar-refractivity contribution in [3.63, 3.8) is 0 Å². The van der Waals surface area contributed by atoms with Crippen LogP contribution in [-0.4, -0.2) is 36.1 Å². The summed E-state index contributed by atoms with van der Waals surface area (Å²) in [4.78, 5) is 2.63. The van der Waals surface area contributed by atoms with E-state index < -0.39 is 0 Å². The van der Waals surface area contributed by atoms with Crippen LogP contribution in [-0.2, 0) is 0 Å². The topological polar surface area (TPSA) is 15.3 Å². The lowest BCUT2D eigenvalue weighted by molar-refractivity contribution is 0.0603. The van der Waals surface area contributed by atoms with E-state index in [2.05, 4.69) is 37.9 Å². The number of nitrogens with one attached hydrogen (secondary N) is 1. The molecule has 0 aromatic rings. The molecule has 1 aliphatic carbocycles. The first-order chi connectivity index (χ1) is 8.46. The Balaban J connectivity index is 2.07. The molecule has 2 rings (SSSR count). The first kappa shape index (κ1) is 14.4. The van der Waals surface area contributed by atoms with Gasteiger partial charge in [0, 0.05) is 36.8 Å². The highest BCUT2D eigenvalue weighted by Gasteiger charge is 2.46. The molecule has 1 aliphatic heterocycles. The lowest BCUT2D eigenvalue weighted by atomic mass is 9.88. The lowest BCUT2D eigenvalue weighted by Gasteiger charge is -2.48. The molecule has 2 unspecified atom stereocenters. The van der Waals surface area contributed by atoms with Gasteiger partial charge in [0.25, 0.3) is 0 Å². The maximum absolute atomic E-state index is 5.84. The molecule has 1 saturated carbocycles. The Bertz CT molecular complexity index is 322. The second-order valence-electron chi connectivity index (χ2n) is 6.74. The molecule has 0 spiro atoms. The van der Waals surface area contributed by atoms with Gasteiger partial charge < -0.3 is 5.32 Å². The van der Waals surface area contributed by atoms with Crippen LogP contribution in [0.1, 0.15) is 40.5 Å². The van der Waals surface area contributed by atoms with Crippen molar-refractivity contribution in [1.82, 2.24) is 10.2 Å². The number of piperazine rings is 1. The number of hydrogen-bond donors (Lipinski definition) is 1. The molecule has 104 valence electrons.